The maximum absolute atomic E-state index is 12.5. The Labute approximate surface area is 143 Å². The van der Waals surface area contributed by atoms with Gasteiger partial charge in [-0.25, -0.2) is 0 Å². The van der Waals surface area contributed by atoms with Gasteiger partial charge in [-0.15, -0.1) is 10.2 Å². The molecule has 3 aromatic rings. The van der Waals surface area contributed by atoms with E-state index in [9.17, 15) is 10.0 Å². The minimum Gasteiger partial charge on any atom is -0.619 e. The van der Waals surface area contributed by atoms with Gasteiger partial charge in [0.2, 0.25) is 0 Å². The zero-order valence-electron chi connectivity index (χ0n) is 13.1. The predicted molar refractivity (Wildman–Crippen MR) is 91.6 cm³/mol. The zero-order chi connectivity index (χ0) is 16.9. The van der Waals surface area contributed by atoms with Crippen LogP contribution < -0.4 is 10.0 Å². The van der Waals surface area contributed by atoms with Gasteiger partial charge in [0.25, 0.3) is 5.91 Å². The Morgan fingerprint density at radius 1 is 1.33 bits per heavy atom. The lowest BCUT2D eigenvalue weighted by atomic mass is 10.1. The number of nitrogens with zero attached hydrogens (tertiary/aromatic N) is 4. The van der Waals surface area contributed by atoms with E-state index in [4.69, 9.17) is 0 Å². The first-order valence-electron chi connectivity index (χ1n) is 7.47. The van der Waals surface area contributed by atoms with E-state index in [1.165, 1.54) is 24.5 Å². The number of thioether (sulfide) groups is 1. The number of aromatic nitrogens is 4. The summed E-state index contributed by atoms with van der Waals surface area (Å²) >= 11 is 1.70. The lowest BCUT2D eigenvalue weighted by molar-refractivity contribution is -0.605. The first kappa shape index (κ1) is 16.3. The van der Waals surface area contributed by atoms with Crippen molar-refractivity contribution in [3.63, 3.8) is 0 Å². The topological polar surface area (TPSA) is 86.2 Å². The van der Waals surface area contributed by atoms with E-state index in [0.29, 0.717) is 16.1 Å². The molecule has 3 rings (SSSR count). The molecule has 0 spiro atoms. The van der Waals surface area contributed by atoms with Gasteiger partial charge in [0.15, 0.2) is 23.9 Å². The molecule has 3 aromatic heterocycles. The number of hydrogen-bond donors (Lipinski definition) is 1. The summed E-state index contributed by atoms with van der Waals surface area (Å²) in [4.78, 5) is 12.5. The van der Waals surface area contributed by atoms with Crippen LogP contribution in [0.4, 0.5) is 0 Å². The predicted octanol–water partition coefficient (Wildman–Crippen LogP) is 1.59. The fourth-order valence-electron chi connectivity index (χ4n) is 2.40. The van der Waals surface area contributed by atoms with Crippen LogP contribution in [0, 0.1) is 5.21 Å². The Morgan fingerprint density at radius 3 is 2.88 bits per heavy atom. The number of pyridine rings is 2. The first-order chi connectivity index (χ1) is 11.7. The molecule has 0 aromatic carbocycles. The quantitative estimate of drug-likeness (QED) is 0.542. The van der Waals surface area contributed by atoms with Gasteiger partial charge < -0.3 is 10.5 Å². The van der Waals surface area contributed by atoms with Gasteiger partial charge in [0, 0.05) is 18.3 Å². The second-order valence-corrected chi connectivity index (χ2v) is 6.23. The highest BCUT2D eigenvalue weighted by atomic mass is 32.2. The molecule has 0 aliphatic heterocycles. The summed E-state index contributed by atoms with van der Waals surface area (Å²) in [7, 11) is 0. The molecule has 1 atom stereocenters. The standard InChI is InChI=1S/C16H17N5O2S/c1-24-11-7-13(15-19-18-14-4-2-3-8-21(14)15)17-16(22)12-5-9-20(23)10-6-12/h2-6,8-10,13H,7,11H2,1H3,(H,17,22)/t13-/m1/s1. The maximum Gasteiger partial charge on any atom is 0.252 e. The second-order valence-electron chi connectivity index (χ2n) is 5.24. The van der Waals surface area contributed by atoms with Crippen LogP contribution in [-0.4, -0.2) is 32.5 Å². The van der Waals surface area contributed by atoms with Gasteiger partial charge in [0.05, 0.1) is 11.6 Å². The second kappa shape index (κ2) is 7.31. The van der Waals surface area contributed by atoms with Crippen LogP contribution in [-0.2, 0) is 0 Å². The minimum atomic E-state index is -0.262. The van der Waals surface area contributed by atoms with Crippen molar-refractivity contribution in [3.05, 3.63) is 65.5 Å². The van der Waals surface area contributed by atoms with E-state index in [1.54, 1.807) is 11.8 Å². The van der Waals surface area contributed by atoms with Crippen LogP contribution in [0.15, 0.2) is 48.9 Å². The maximum atomic E-state index is 12.5. The molecule has 0 unspecified atom stereocenters. The Hall–Kier alpha value is -2.61. The normalized spacial score (nSPS) is 12.2. The lowest BCUT2D eigenvalue weighted by Crippen LogP contribution is -2.31. The molecule has 8 heteroatoms. The van der Waals surface area contributed by atoms with E-state index in [0.717, 1.165) is 17.8 Å². The molecular weight excluding hydrogens is 326 g/mol. The summed E-state index contributed by atoms with van der Waals surface area (Å²) in [6.07, 6.45) is 7.24. The van der Waals surface area contributed by atoms with Crippen LogP contribution in [0.1, 0.15) is 28.6 Å². The van der Waals surface area contributed by atoms with Crippen LogP contribution in [0.25, 0.3) is 5.65 Å². The minimum absolute atomic E-state index is 0.241. The van der Waals surface area contributed by atoms with Crippen molar-refractivity contribution in [1.82, 2.24) is 19.9 Å². The molecule has 0 saturated heterocycles. The number of rotatable bonds is 6. The van der Waals surface area contributed by atoms with Crippen LogP contribution in [0.3, 0.4) is 0 Å². The van der Waals surface area contributed by atoms with E-state index in [-0.39, 0.29) is 11.9 Å². The molecule has 7 nitrogen and oxygen atoms in total. The molecule has 1 N–H and O–H groups in total. The van der Waals surface area contributed by atoms with E-state index < -0.39 is 0 Å². The van der Waals surface area contributed by atoms with Crippen molar-refractivity contribution in [1.29, 1.82) is 0 Å². The van der Waals surface area contributed by atoms with Gasteiger partial charge >= 0.3 is 0 Å². The largest absolute Gasteiger partial charge is 0.619 e. The summed E-state index contributed by atoms with van der Waals surface area (Å²) in [5, 5.41) is 22.5. The van der Waals surface area contributed by atoms with Crippen LogP contribution in [0.5, 0.6) is 0 Å². The molecule has 124 valence electrons. The van der Waals surface area contributed by atoms with E-state index >= 15 is 0 Å². The van der Waals surface area contributed by atoms with Crippen molar-refractivity contribution >= 4 is 23.3 Å². The van der Waals surface area contributed by atoms with E-state index in [2.05, 4.69) is 15.5 Å². The van der Waals surface area contributed by atoms with Crippen LogP contribution in [0.2, 0.25) is 0 Å². The smallest absolute Gasteiger partial charge is 0.252 e. The van der Waals surface area contributed by atoms with Gasteiger partial charge in [0.1, 0.15) is 0 Å². The fraction of sp³-hybridized carbons (Fsp3) is 0.250. The van der Waals surface area contributed by atoms with Gasteiger partial charge in [-0.05, 0) is 30.6 Å². The summed E-state index contributed by atoms with van der Waals surface area (Å²) < 4.78 is 2.52. The number of amides is 1. The molecular formula is C16H17N5O2S. The monoisotopic (exact) mass is 343 g/mol. The summed E-state index contributed by atoms with van der Waals surface area (Å²) in [6.45, 7) is 0. The van der Waals surface area contributed by atoms with Gasteiger partial charge in [-0.1, -0.05) is 6.07 Å². The average molecular weight is 343 g/mol. The fourth-order valence-corrected chi connectivity index (χ4v) is 2.88. The van der Waals surface area contributed by atoms with Crippen LogP contribution >= 0.6 is 11.8 Å². The molecule has 0 aliphatic rings. The number of carbonyl (C=O) groups excluding carboxylic acids is 1. The molecule has 0 bridgehead atoms. The van der Waals surface area contributed by atoms with Crippen molar-refractivity contribution in [2.24, 2.45) is 0 Å². The Morgan fingerprint density at radius 2 is 2.12 bits per heavy atom. The molecule has 0 aliphatic carbocycles. The third-order valence-electron chi connectivity index (χ3n) is 3.63. The molecule has 24 heavy (non-hydrogen) atoms. The summed E-state index contributed by atoms with van der Waals surface area (Å²) in [6, 6.07) is 8.39. The highest BCUT2D eigenvalue weighted by molar-refractivity contribution is 7.98. The van der Waals surface area contributed by atoms with Crippen molar-refractivity contribution in [3.8, 4) is 0 Å². The van der Waals surface area contributed by atoms with Crippen molar-refractivity contribution in [2.45, 2.75) is 12.5 Å². The van der Waals surface area contributed by atoms with Crippen molar-refractivity contribution in [2.75, 3.05) is 12.0 Å². The number of nitrogens with one attached hydrogen (secondary N) is 1. The van der Waals surface area contributed by atoms with Crippen molar-refractivity contribution < 1.29 is 9.52 Å². The average Bonchev–Trinajstić information content (AvgIpc) is 3.03. The third kappa shape index (κ3) is 3.48. The zero-order valence-corrected chi connectivity index (χ0v) is 13.9. The Balaban J connectivity index is 1.86. The SMILES string of the molecule is CSCC[C@@H](NC(=O)c1cc[n+]([O-])cc1)c1nnc2ccccn12. The van der Waals surface area contributed by atoms with E-state index in [1.807, 2.05) is 35.1 Å². The highest BCUT2D eigenvalue weighted by Gasteiger charge is 2.21. The van der Waals surface area contributed by atoms with Gasteiger partial charge in [-0.3, -0.25) is 9.20 Å². The summed E-state index contributed by atoms with van der Waals surface area (Å²) in [5.41, 5.74) is 1.17. The number of fused-ring (bicyclic) bond motifs is 1. The molecule has 3 heterocycles. The molecule has 0 radical (unpaired) electrons. The number of hydrogen-bond acceptors (Lipinski definition) is 5. The molecule has 0 saturated carbocycles. The Bertz CT molecular complexity index is 834. The molecule has 1 amide bonds. The Kier molecular flexibility index (Phi) is 4.95. The first-order valence-corrected chi connectivity index (χ1v) is 8.86. The third-order valence-corrected chi connectivity index (χ3v) is 4.28. The lowest BCUT2D eigenvalue weighted by Gasteiger charge is -2.17. The highest BCUT2D eigenvalue weighted by Crippen LogP contribution is 2.18. The summed E-state index contributed by atoms with van der Waals surface area (Å²) in [5.74, 6) is 1.33. The van der Waals surface area contributed by atoms with Gasteiger partial charge in [-0.2, -0.15) is 16.5 Å². The molecule has 0 fully saturated rings. The number of carbonyl (C=O) groups is 1.